The number of carbonyl (C=O) groups is 1. The van der Waals surface area contributed by atoms with Crippen molar-refractivity contribution >= 4 is 22.7 Å². The molecule has 0 bridgehead atoms. The van der Waals surface area contributed by atoms with Gasteiger partial charge in [0.05, 0.1) is 22.6 Å². The highest BCUT2D eigenvalue weighted by atomic mass is 19.1. The molecule has 2 aromatic heterocycles. The lowest BCUT2D eigenvalue weighted by Gasteiger charge is -2.21. The molecule has 152 valence electrons. The van der Waals surface area contributed by atoms with Gasteiger partial charge in [-0.25, -0.2) is 18.9 Å². The highest BCUT2D eigenvalue weighted by molar-refractivity contribution is 5.96. The molecule has 0 spiro atoms. The standard InChI is InChI=1S/C22H19FN4O3/c1-22(2,30)18-10-11-24-27(18)20-14(7-5-8-15(20)23)19-17(26-21(28)29)12-13-6-3-4-9-16(13)25-19/h3-12,26,30H,1-2H3,(H,28,29). The first-order valence-electron chi connectivity index (χ1n) is 9.21. The van der Waals surface area contributed by atoms with E-state index in [0.29, 0.717) is 16.8 Å². The number of nitrogens with one attached hydrogen (secondary N) is 1. The van der Waals surface area contributed by atoms with Crippen LogP contribution in [0.2, 0.25) is 0 Å². The Morgan fingerprint density at radius 2 is 1.90 bits per heavy atom. The summed E-state index contributed by atoms with van der Waals surface area (Å²) in [6, 6.07) is 14.9. The molecule has 8 heteroatoms. The van der Waals surface area contributed by atoms with Crippen LogP contribution in [0.4, 0.5) is 14.9 Å². The summed E-state index contributed by atoms with van der Waals surface area (Å²) >= 11 is 0. The highest BCUT2D eigenvalue weighted by Gasteiger charge is 2.26. The molecular formula is C22H19FN4O3. The van der Waals surface area contributed by atoms with Crippen LogP contribution in [-0.4, -0.2) is 31.1 Å². The summed E-state index contributed by atoms with van der Waals surface area (Å²) in [6.07, 6.45) is 0.205. The molecule has 4 aromatic rings. The maximum Gasteiger partial charge on any atom is 0.409 e. The Bertz CT molecular complexity index is 1260. The van der Waals surface area contributed by atoms with Gasteiger partial charge in [-0.2, -0.15) is 5.10 Å². The number of carboxylic acid groups (broad SMARTS) is 1. The van der Waals surface area contributed by atoms with E-state index in [1.807, 2.05) is 18.2 Å². The van der Waals surface area contributed by atoms with Gasteiger partial charge in [-0.05, 0) is 38.1 Å². The molecule has 0 aliphatic heterocycles. The number of aliphatic hydroxyl groups is 1. The monoisotopic (exact) mass is 406 g/mol. The summed E-state index contributed by atoms with van der Waals surface area (Å²) in [5.41, 5.74) is 0.584. The largest absolute Gasteiger partial charge is 0.465 e. The molecule has 0 saturated heterocycles. The lowest BCUT2D eigenvalue weighted by atomic mass is 10.0. The second kappa shape index (κ2) is 7.23. The third kappa shape index (κ3) is 3.48. The minimum atomic E-state index is -1.28. The lowest BCUT2D eigenvalue weighted by molar-refractivity contribution is 0.0710. The first kappa shape index (κ1) is 19.5. The van der Waals surface area contributed by atoms with Crippen molar-refractivity contribution in [2.24, 2.45) is 0 Å². The first-order valence-corrected chi connectivity index (χ1v) is 9.21. The number of anilines is 1. The van der Waals surface area contributed by atoms with Crippen LogP contribution in [0.5, 0.6) is 0 Å². The van der Waals surface area contributed by atoms with E-state index >= 15 is 4.39 Å². The van der Waals surface area contributed by atoms with Crippen LogP contribution in [0, 0.1) is 5.82 Å². The molecule has 7 nitrogen and oxygen atoms in total. The molecule has 0 aliphatic carbocycles. The van der Waals surface area contributed by atoms with E-state index in [1.165, 1.54) is 23.0 Å². The fourth-order valence-electron chi connectivity index (χ4n) is 3.40. The average molecular weight is 406 g/mol. The van der Waals surface area contributed by atoms with E-state index in [9.17, 15) is 15.0 Å². The Labute approximate surface area is 171 Å². The highest BCUT2D eigenvalue weighted by Crippen LogP contribution is 2.36. The maximum absolute atomic E-state index is 15.1. The number of nitrogens with zero attached hydrogens (tertiary/aromatic N) is 3. The molecule has 1 amide bonds. The van der Waals surface area contributed by atoms with E-state index in [1.54, 1.807) is 38.1 Å². The number of hydrogen-bond donors (Lipinski definition) is 3. The zero-order chi connectivity index (χ0) is 21.5. The quantitative estimate of drug-likeness (QED) is 0.462. The van der Waals surface area contributed by atoms with Crippen molar-refractivity contribution in [2.45, 2.75) is 19.4 Å². The van der Waals surface area contributed by atoms with E-state index in [-0.39, 0.29) is 17.1 Å². The zero-order valence-corrected chi connectivity index (χ0v) is 16.3. The number of fused-ring (bicyclic) bond motifs is 1. The fourth-order valence-corrected chi connectivity index (χ4v) is 3.40. The fraction of sp³-hybridized carbons (Fsp3) is 0.136. The van der Waals surface area contributed by atoms with E-state index in [0.717, 1.165) is 5.39 Å². The SMILES string of the molecule is CC(C)(O)c1ccnn1-c1c(F)cccc1-c1nc2ccccc2cc1NC(=O)O. The van der Waals surface area contributed by atoms with Gasteiger partial charge in [0, 0.05) is 17.1 Å². The molecule has 4 rings (SSSR count). The lowest BCUT2D eigenvalue weighted by Crippen LogP contribution is -2.21. The molecule has 0 saturated carbocycles. The van der Waals surface area contributed by atoms with E-state index in [4.69, 9.17) is 0 Å². The molecular weight excluding hydrogens is 387 g/mol. The second-order valence-corrected chi connectivity index (χ2v) is 7.33. The number of amides is 1. The number of benzene rings is 2. The average Bonchev–Trinajstić information content (AvgIpc) is 3.16. The van der Waals surface area contributed by atoms with Crippen LogP contribution in [0.3, 0.4) is 0 Å². The number of halogens is 1. The van der Waals surface area contributed by atoms with Crippen molar-refractivity contribution < 1.29 is 19.4 Å². The van der Waals surface area contributed by atoms with Crippen molar-refractivity contribution in [3.05, 3.63) is 72.3 Å². The summed E-state index contributed by atoms with van der Waals surface area (Å²) in [5, 5.41) is 27.1. The molecule has 30 heavy (non-hydrogen) atoms. The van der Waals surface area contributed by atoms with Gasteiger partial charge in [0.25, 0.3) is 0 Å². The molecule has 0 unspecified atom stereocenters. The van der Waals surface area contributed by atoms with Gasteiger partial charge in [0.1, 0.15) is 17.1 Å². The summed E-state index contributed by atoms with van der Waals surface area (Å²) in [7, 11) is 0. The van der Waals surface area contributed by atoms with Crippen LogP contribution < -0.4 is 5.32 Å². The zero-order valence-electron chi connectivity index (χ0n) is 16.3. The van der Waals surface area contributed by atoms with Crippen LogP contribution >= 0.6 is 0 Å². The molecule has 0 radical (unpaired) electrons. The van der Waals surface area contributed by atoms with Gasteiger partial charge in [0.2, 0.25) is 0 Å². The van der Waals surface area contributed by atoms with Crippen molar-refractivity contribution in [3.8, 4) is 16.9 Å². The number of pyridine rings is 1. The van der Waals surface area contributed by atoms with E-state index in [2.05, 4.69) is 15.4 Å². The predicted molar refractivity (Wildman–Crippen MR) is 111 cm³/mol. The normalized spacial score (nSPS) is 11.6. The number of rotatable bonds is 4. The summed E-state index contributed by atoms with van der Waals surface area (Å²) < 4.78 is 16.4. The second-order valence-electron chi connectivity index (χ2n) is 7.33. The molecule has 0 aliphatic rings. The third-order valence-corrected chi connectivity index (χ3v) is 4.69. The third-order valence-electron chi connectivity index (χ3n) is 4.69. The minimum Gasteiger partial charge on any atom is -0.465 e. The topological polar surface area (TPSA) is 100 Å². The van der Waals surface area contributed by atoms with Crippen LogP contribution in [0.1, 0.15) is 19.5 Å². The van der Waals surface area contributed by atoms with Crippen LogP contribution in [-0.2, 0) is 5.60 Å². The van der Waals surface area contributed by atoms with Crippen molar-refractivity contribution in [1.29, 1.82) is 0 Å². The molecule has 3 N–H and O–H groups in total. The first-order chi connectivity index (χ1) is 14.3. The number of aromatic nitrogens is 3. The summed E-state index contributed by atoms with van der Waals surface area (Å²) in [6.45, 7) is 3.15. The predicted octanol–water partition coefficient (Wildman–Crippen LogP) is 4.54. The van der Waals surface area contributed by atoms with Gasteiger partial charge in [-0.1, -0.05) is 30.3 Å². The Morgan fingerprint density at radius 3 is 2.63 bits per heavy atom. The Hall–Kier alpha value is -3.78. The Morgan fingerprint density at radius 1 is 1.13 bits per heavy atom. The molecule has 0 fully saturated rings. The molecule has 2 aromatic carbocycles. The number of para-hydroxylation sites is 2. The van der Waals surface area contributed by atoms with E-state index < -0.39 is 17.5 Å². The van der Waals surface area contributed by atoms with Gasteiger partial charge < -0.3 is 10.2 Å². The van der Waals surface area contributed by atoms with Crippen LogP contribution in [0.25, 0.3) is 27.8 Å². The van der Waals surface area contributed by atoms with Crippen molar-refractivity contribution in [1.82, 2.24) is 14.8 Å². The minimum absolute atomic E-state index is 0.0656. The molecule has 2 heterocycles. The maximum atomic E-state index is 15.1. The van der Waals surface area contributed by atoms with Crippen molar-refractivity contribution in [2.75, 3.05) is 5.32 Å². The Kier molecular flexibility index (Phi) is 4.71. The Balaban J connectivity index is 2.03. The summed E-state index contributed by atoms with van der Waals surface area (Å²) in [4.78, 5) is 16.0. The van der Waals surface area contributed by atoms with Gasteiger partial charge in [-0.15, -0.1) is 0 Å². The van der Waals surface area contributed by atoms with Crippen molar-refractivity contribution in [3.63, 3.8) is 0 Å². The van der Waals surface area contributed by atoms with Gasteiger partial charge in [0.15, 0.2) is 0 Å². The van der Waals surface area contributed by atoms with Gasteiger partial charge in [-0.3, -0.25) is 5.32 Å². The van der Waals surface area contributed by atoms with Gasteiger partial charge >= 0.3 is 6.09 Å². The van der Waals surface area contributed by atoms with Crippen LogP contribution in [0.15, 0.2) is 60.8 Å². The number of hydrogen-bond acceptors (Lipinski definition) is 4. The summed E-state index contributed by atoms with van der Waals surface area (Å²) in [5.74, 6) is -0.585. The smallest absolute Gasteiger partial charge is 0.409 e. The molecule has 0 atom stereocenters.